The van der Waals surface area contributed by atoms with Gasteiger partial charge in [0.15, 0.2) is 6.29 Å². The fourth-order valence-corrected chi connectivity index (χ4v) is 1.42. The van der Waals surface area contributed by atoms with E-state index in [1.54, 1.807) is 0 Å². The zero-order chi connectivity index (χ0) is 14.8. The topological polar surface area (TPSA) is 17.1 Å². The minimum atomic E-state index is -5.01. The Bertz CT molecular complexity index is 515. The Balaban J connectivity index is 3.40. The van der Waals surface area contributed by atoms with E-state index in [9.17, 15) is 31.1 Å². The van der Waals surface area contributed by atoms with Crippen LogP contribution in [-0.2, 0) is 11.0 Å². The molecule has 0 aromatic heterocycles. The van der Waals surface area contributed by atoms with Gasteiger partial charge in [-0.25, -0.2) is 0 Å². The third-order valence-corrected chi connectivity index (χ3v) is 2.52. The summed E-state index contributed by atoms with van der Waals surface area (Å²) in [5.74, 6) is 0. The molecule has 0 heterocycles. The molecule has 104 valence electrons. The van der Waals surface area contributed by atoms with Crippen LogP contribution < -0.4 is 0 Å². The lowest BCUT2D eigenvalue weighted by molar-refractivity contribution is -0.137. The standard InChI is InChI=1S/C11H5ClF6O/c12-9(11(16,17)18)8(5-19)6-2-1-3-7(4-6)10(13,14)15/h1-5H/b9-8-. The molecule has 1 aromatic carbocycles. The number of rotatable bonds is 2. The lowest BCUT2D eigenvalue weighted by atomic mass is 10.0. The second-order valence-electron chi connectivity index (χ2n) is 3.42. The van der Waals surface area contributed by atoms with E-state index in [-0.39, 0.29) is 6.29 Å². The summed E-state index contributed by atoms with van der Waals surface area (Å²) in [7, 11) is 0. The van der Waals surface area contributed by atoms with E-state index < -0.39 is 34.1 Å². The molecule has 0 radical (unpaired) electrons. The Labute approximate surface area is 108 Å². The van der Waals surface area contributed by atoms with Crippen molar-refractivity contribution in [1.29, 1.82) is 0 Å². The van der Waals surface area contributed by atoms with E-state index in [1.165, 1.54) is 0 Å². The highest BCUT2D eigenvalue weighted by Gasteiger charge is 2.36. The number of benzene rings is 1. The van der Waals surface area contributed by atoms with E-state index >= 15 is 0 Å². The number of aldehydes is 1. The summed E-state index contributed by atoms with van der Waals surface area (Å²) in [6, 6.07) is 2.93. The summed E-state index contributed by atoms with van der Waals surface area (Å²) in [4.78, 5) is 10.6. The Hall–Kier alpha value is -1.50. The molecule has 1 aromatic rings. The molecular weight excluding hydrogens is 298 g/mol. The number of allylic oxidation sites excluding steroid dienone is 2. The predicted octanol–water partition coefficient (Wildman–Crippen LogP) is 4.42. The second kappa shape index (κ2) is 5.24. The molecule has 0 spiro atoms. The Kier molecular flexibility index (Phi) is 4.29. The summed E-state index contributed by atoms with van der Waals surface area (Å²) < 4.78 is 74.2. The summed E-state index contributed by atoms with van der Waals surface area (Å²) in [5, 5.41) is -1.76. The number of halogens is 7. The summed E-state index contributed by atoms with van der Waals surface area (Å²) in [5.41, 5.74) is -2.76. The van der Waals surface area contributed by atoms with Gasteiger partial charge >= 0.3 is 12.4 Å². The maximum atomic E-state index is 12.4. The Morgan fingerprint density at radius 1 is 1.11 bits per heavy atom. The molecule has 0 saturated carbocycles. The highest BCUT2D eigenvalue weighted by atomic mass is 35.5. The Morgan fingerprint density at radius 3 is 2.11 bits per heavy atom. The van der Waals surface area contributed by atoms with Crippen molar-refractivity contribution in [3.05, 3.63) is 40.4 Å². The van der Waals surface area contributed by atoms with Gasteiger partial charge in [-0.1, -0.05) is 23.7 Å². The first kappa shape index (κ1) is 15.6. The fraction of sp³-hybridized carbons (Fsp3) is 0.182. The van der Waals surface area contributed by atoms with Crippen LogP contribution in [0.3, 0.4) is 0 Å². The average molecular weight is 303 g/mol. The first-order valence-corrected chi connectivity index (χ1v) is 5.05. The predicted molar refractivity (Wildman–Crippen MR) is 56.3 cm³/mol. The van der Waals surface area contributed by atoms with Gasteiger partial charge in [-0.15, -0.1) is 0 Å². The largest absolute Gasteiger partial charge is 0.427 e. The molecule has 0 unspecified atom stereocenters. The van der Waals surface area contributed by atoms with Gasteiger partial charge in [-0.3, -0.25) is 4.79 Å². The van der Waals surface area contributed by atoms with Crippen LogP contribution in [0.5, 0.6) is 0 Å². The lowest BCUT2D eigenvalue weighted by Gasteiger charge is -2.11. The molecule has 1 nitrogen and oxygen atoms in total. The van der Waals surface area contributed by atoms with Gasteiger partial charge in [0, 0.05) is 5.57 Å². The molecule has 8 heteroatoms. The number of hydrogen-bond acceptors (Lipinski definition) is 1. The molecule has 0 amide bonds. The van der Waals surface area contributed by atoms with Crippen LogP contribution >= 0.6 is 11.6 Å². The third kappa shape index (κ3) is 3.73. The zero-order valence-corrected chi connectivity index (χ0v) is 9.70. The van der Waals surface area contributed by atoms with Crippen molar-refractivity contribution in [2.75, 3.05) is 0 Å². The quantitative estimate of drug-likeness (QED) is 0.449. The highest BCUT2D eigenvalue weighted by molar-refractivity contribution is 6.37. The van der Waals surface area contributed by atoms with Crippen molar-refractivity contribution in [2.24, 2.45) is 0 Å². The molecule has 0 atom stereocenters. The first-order valence-electron chi connectivity index (χ1n) is 4.67. The summed E-state index contributed by atoms with van der Waals surface area (Å²) in [6.45, 7) is 0. The van der Waals surface area contributed by atoms with Crippen LogP contribution in [0.25, 0.3) is 5.57 Å². The zero-order valence-electron chi connectivity index (χ0n) is 8.94. The van der Waals surface area contributed by atoms with Crippen LogP contribution in [0.2, 0.25) is 0 Å². The second-order valence-corrected chi connectivity index (χ2v) is 3.80. The molecule has 0 saturated heterocycles. The number of alkyl halides is 6. The number of carbonyl (C=O) groups excluding carboxylic acids is 1. The van der Waals surface area contributed by atoms with Gasteiger partial charge in [-0.2, -0.15) is 26.3 Å². The van der Waals surface area contributed by atoms with Crippen LogP contribution in [0.4, 0.5) is 26.3 Å². The molecule has 19 heavy (non-hydrogen) atoms. The van der Waals surface area contributed by atoms with Crippen LogP contribution in [0.15, 0.2) is 29.3 Å². The van der Waals surface area contributed by atoms with Gasteiger partial charge < -0.3 is 0 Å². The van der Waals surface area contributed by atoms with E-state index in [4.69, 9.17) is 11.6 Å². The lowest BCUT2D eigenvalue weighted by Crippen LogP contribution is -2.11. The normalized spacial score (nSPS) is 14.1. The van der Waals surface area contributed by atoms with Crippen molar-refractivity contribution in [3.8, 4) is 0 Å². The molecule has 0 aliphatic carbocycles. The average Bonchev–Trinajstić information content (AvgIpc) is 2.28. The summed E-state index contributed by atoms with van der Waals surface area (Å²) in [6.07, 6.45) is -9.97. The van der Waals surface area contributed by atoms with Gasteiger partial charge in [-0.05, 0) is 17.7 Å². The first-order chi connectivity index (χ1) is 8.57. The van der Waals surface area contributed by atoms with Crippen LogP contribution in [0.1, 0.15) is 11.1 Å². The number of carbonyl (C=O) groups is 1. The maximum Gasteiger partial charge on any atom is 0.427 e. The van der Waals surface area contributed by atoms with Crippen molar-refractivity contribution in [2.45, 2.75) is 12.4 Å². The molecule has 0 aliphatic heterocycles. The van der Waals surface area contributed by atoms with Crippen molar-refractivity contribution < 1.29 is 31.1 Å². The molecule has 0 bridgehead atoms. The van der Waals surface area contributed by atoms with Crippen molar-refractivity contribution >= 4 is 23.5 Å². The monoisotopic (exact) mass is 302 g/mol. The van der Waals surface area contributed by atoms with E-state index in [2.05, 4.69) is 0 Å². The van der Waals surface area contributed by atoms with Crippen LogP contribution in [0, 0.1) is 0 Å². The van der Waals surface area contributed by atoms with E-state index in [0.29, 0.717) is 12.1 Å². The van der Waals surface area contributed by atoms with Gasteiger partial charge in [0.2, 0.25) is 0 Å². The minimum absolute atomic E-state index is 0.231. The smallest absolute Gasteiger partial charge is 0.298 e. The molecular formula is C11H5ClF6O. The Morgan fingerprint density at radius 2 is 1.68 bits per heavy atom. The van der Waals surface area contributed by atoms with Crippen molar-refractivity contribution in [3.63, 3.8) is 0 Å². The fourth-order valence-electron chi connectivity index (χ4n) is 1.26. The molecule has 0 N–H and O–H groups in total. The minimum Gasteiger partial charge on any atom is -0.298 e. The SMILES string of the molecule is O=C/C(=C(/Cl)C(F)(F)F)c1cccc(C(F)(F)F)c1. The van der Waals surface area contributed by atoms with E-state index in [0.717, 1.165) is 12.1 Å². The van der Waals surface area contributed by atoms with E-state index in [1.807, 2.05) is 0 Å². The maximum absolute atomic E-state index is 12.4. The molecule has 1 rings (SSSR count). The molecule has 0 aliphatic rings. The van der Waals surface area contributed by atoms with Gasteiger partial charge in [0.25, 0.3) is 0 Å². The number of hydrogen-bond donors (Lipinski definition) is 0. The molecule has 0 fully saturated rings. The van der Waals surface area contributed by atoms with Gasteiger partial charge in [0.1, 0.15) is 5.03 Å². The highest BCUT2D eigenvalue weighted by Crippen LogP contribution is 2.36. The summed E-state index contributed by atoms with van der Waals surface area (Å²) >= 11 is 4.97. The van der Waals surface area contributed by atoms with Crippen molar-refractivity contribution in [1.82, 2.24) is 0 Å². The van der Waals surface area contributed by atoms with Gasteiger partial charge in [0.05, 0.1) is 5.56 Å². The third-order valence-electron chi connectivity index (χ3n) is 2.10. The van der Waals surface area contributed by atoms with Crippen LogP contribution in [-0.4, -0.2) is 12.5 Å².